The van der Waals surface area contributed by atoms with E-state index >= 15 is 0 Å². The predicted molar refractivity (Wildman–Crippen MR) is 91.4 cm³/mol. The minimum absolute atomic E-state index is 0.0187. The second kappa shape index (κ2) is 6.32. The van der Waals surface area contributed by atoms with Crippen LogP contribution in [-0.2, 0) is 19.3 Å². The Balaban J connectivity index is 1.91. The molecule has 4 nitrogen and oxygen atoms in total. The molecule has 0 fully saturated rings. The molecule has 120 valence electrons. The number of hydrogen-bond donors (Lipinski definition) is 1. The first-order chi connectivity index (χ1) is 11.1. The maximum absolute atomic E-state index is 12.1. The highest BCUT2D eigenvalue weighted by molar-refractivity contribution is 5.85. The lowest BCUT2D eigenvalue weighted by molar-refractivity contribution is 0.396. The van der Waals surface area contributed by atoms with Crippen molar-refractivity contribution in [3.63, 3.8) is 0 Å². The first-order valence-electron chi connectivity index (χ1n) is 7.90. The molecule has 23 heavy (non-hydrogen) atoms. The lowest BCUT2D eigenvalue weighted by Crippen LogP contribution is -2.16. The molecule has 0 unspecified atom stereocenters. The van der Waals surface area contributed by atoms with Crippen molar-refractivity contribution in [1.82, 2.24) is 4.98 Å². The molecule has 0 bridgehead atoms. The molecule has 0 saturated carbocycles. The van der Waals surface area contributed by atoms with Crippen LogP contribution in [0.5, 0.6) is 5.75 Å². The summed E-state index contributed by atoms with van der Waals surface area (Å²) in [6.45, 7) is 4.03. The van der Waals surface area contributed by atoms with Crippen LogP contribution in [0.15, 0.2) is 39.5 Å². The Morgan fingerprint density at radius 3 is 2.70 bits per heavy atom. The topological polar surface area (TPSA) is 55.2 Å². The number of aromatic nitrogens is 1. The Morgan fingerprint density at radius 2 is 1.96 bits per heavy atom. The van der Waals surface area contributed by atoms with Crippen molar-refractivity contribution < 1.29 is 9.15 Å². The normalized spacial score (nSPS) is 11.1. The van der Waals surface area contributed by atoms with Crippen molar-refractivity contribution in [2.75, 3.05) is 7.11 Å². The van der Waals surface area contributed by atoms with Gasteiger partial charge in [0.1, 0.15) is 11.3 Å². The largest absolute Gasteiger partial charge is 0.492 e. The molecule has 1 N–H and O–H groups in total. The summed E-state index contributed by atoms with van der Waals surface area (Å²) in [5, 5.41) is 0.970. The lowest BCUT2D eigenvalue weighted by Gasteiger charge is -2.06. The van der Waals surface area contributed by atoms with Crippen molar-refractivity contribution in [2.45, 2.75) is 33.1 Å². The fourth-order valence-corrected chi connectivity index (χ4v) is 2.98. The maximum atomic E-state index is 12.1. The number of furan rings is 1. The summed E-state index contributed by atoms with van der Waals surface area (Å²) in [4.78, 5) is 15.1. The van der Waals surface area contributed by atoms with E-state index in [-0.39, 0.29) is 5.56 Å². The fourth-order valence-electron chi connectivity index (χ4n) is 2.98. The van der Waals surface area contributed by atoms with Gasteiger partial charge in [-0.1, -0.05) is 19.1 Å². The van der Waals surface area contributed by atoms with Gasteiger partial charge < -0.3 is 14.1 Å². The smallest absolute Gasteiger partial charge is 0.251 e. The quantitative estimate of drug-likeness (QED) is 0.780. The Morgan fingerprint density at radius 1 is 1.17 bits per heavy atom. The molecular weight excluding hydrogens is 290 g/mol. The third kappa shape index (κ3) is 2.89. The van der Waals surface area contributed by atoms with Crippen molar-refractivity contribution in [1.29, 1.82) is 0 Å². The molecule has 4 heteroatoms. The molecule has 0 aliphatic heterocycles. The molecule has 0 aliphatic carbocycles. The number of H-pyrrole nitrogens is 1. The van der Waals surface area contributed by atoms with Crippen molar-refractivity contribution in [2.24, 2.45) is 0 Å². The Hall–Kier alpha value is -2.49. The second-order valence-electron chi connectivity index (χ2n) is 5.68. The minimum atomic E-state index is -0.0187. The van der Waals surface area contributed by atoms with Crippen molar-refractivity contribution in [3.05, 3.63) is 63.3 Å². The molecule has 0 atom stereocenters. The van der Waals surface area contributed by atoms with Gasteiger partial charge in [0, 0.05) is 17.7 Å². The zero-order valence-electron chi connectivity index (χ0n) is 13.7. The number of aryl methyl sites for hydroxylation is 4. The van der Waals surface area contributed by atoms with Gasteiger partial charge in [-0.05, 0) is 43.5 Å². The molecule has 2 aromatic heterocycles. The fraction of sp³-hybridized carbons (Fsp3) is 0.316. The standard InChI is InChI=1S/C19H21NO3/c1-4-13-11-14(19(21)20-12(13)2)9-10-17-18(22-3)15-7-5-6-8-16(15)23-17/h5-8,11H,4,9-10H2,1-3H3,(H,20,21). The van der Waals surface area contributed by atoms with Gasteiger partial charge in [0.05, 0.1) is 12.5 Å². The second-order valence-corrected chi connectivity index (χ2v) is 5.68. The molecule has 0 amide bonds. The number of rotatable bonds is 5. The summed E-state index contributed by atoms with van der Waals surface area (Å²) in [5.74, 6) is 1.55. The monoisotopic (exact) mass is 311 g/mol. The summed E-state index contributed by atoms with van der Waals surface area (Å²) in [5.41, 5.74) is 3.70. The van der Waals surface area contributed by atoms with Gasteiger partial charge in [0.25, 0.3) is 5.56 Å². The first kappa shape index (κ1) is 15.4. The summed E-state index contributed by atoms with van der Waals surface area (Å²) in [7, 11) is 1.65. The van der Waals surface area contributed by atoms with Crippen LogP contribution in [0, 0.1) is 6.92 Å². The molecule has 0 spiro atoms. The van der Waals surface area contributed by atoms with Crippen LogP contribution in [0.1, 0.15) is 29.5 Å². The zero-order chi connectivity index (χ0) is 16.4. The van der Waals surface area contributed by atoms with E-state index in [0.29, 0.717) is 12.8 Å². The van der Waals surface area contributed by atoms with E-state index in [1.165, 1.54) is 5.56 Å². The number of benzene rings is 1. The summed E-state index contributed by atoms with van der Waals surface area (Å²) in [6.07, 6.45) is 2.16. The molecule has 1 aromatic carbocycles. The van der Waals surface area contributed by atoms with Gasteiger partial charge in [-0.25, -0.2) is 0 Å². The van der Waals surface area contributed by atoms with Crippen molar-refractivity contribution >= 4 is 11.0 Å². The van der Waals surface area contributed by atoms with Crippen LogP contribution in [-0.4, -0.2) is 12.1 Å². The summed E-state index contributed by atoms with van der Waals surface area (Å²) in [6, 6.07) is 9.81. The molecular formula is C19H21NO3. The number of hydrogen-bond acceptors (Lipinski definition) is 3. The summed E-state index contributed by atoms with van der Waals surface area (Å²) >= 11 is 0. The number of para-hydroxylation sites is 1. The maximum Gasteiger partial charge on any atom is 0.251 e. The number of fused-ring (bicyclic) bond motifs is 1. The van der Waals surface area contributed by atoms with Gasteiger partial charge in [-0.2, -0.15) is 0 Å². The Kier molecular flexibility index (Phi) is 4.24. The highest BCUT2D eigenvalue weighted by Crippen LogP contribution is 2.33. The zero-order valence-corrected chi connectivity index (χ0v) is 13.7. The van der Waals surface area contributed by atoms with Crippen LogP contribution < -0.4 is 10.3 Å². The lowest BCUT2D eigenvalue weighted by atomic mass is 10.0. The van der Waals surface area contributed by atoms with Crippen molar-refractivity contribution in [3.8, 4) is 5.75 Å². The van der Waals surface area contributed by atoms with E-state index in [1.54, 1.807) is 7.11 Å². The van der Waals surface area contributed by atoms with Crippen LogP contribution >= 0.6 is 0 Å². The van der Waals surface area contributed by atoms with E-state index in [1.807, 2.05) is 37.3 Å². The predicted octanol–water partition coefficient (Wildman–Crippen LogP) is 3.79. The number of pyridine rings is 1. The highest BCUT2D eigenvalue weighted by Gasteiger charge is 2.15. The van der Waals surface area contributed by atoms with Crippen LogP contribution in [0.2, 0.25) is 0 Å². The van der Waals surface area contributed by atoms with E-state index < -0.39 is 0 Å². The van der Waals surface area contributed by atoms with Gasteiger partial charge >= 0.3 is 0 Å². The Labute approximate surface area is 135 Å². The van der Waals surface area contributed by atoms with E-state index in [4.69, 9.17) is 9.15 Å². The first-order valence-corrected chi connectivity index (χ1v) is 7.90. The van der Waals surface area contributed by atoms with Crippen LogP contribution in [0.4, 0.5) is 0 Å². The highest BCUT2D eigenvalue weighted by atomic mass is 16.5. The number of ether oxygens (including phenoxy) is 1. The number of aromatic amines is 1. The number of nitrogens with one attached hydrogen (secondary N) is 1. The van der Waals surface area contributed by atoms with Gasteiger partial charge in [-0.15, -0.1) is 0 Å². The van der Waals surface area contributed by atoms with E-state index in [0.717, 1.165) is 40.2 Å². The third-order valence-electron chi connectivity index (χ3n) is 4.25. The average molecular weight is 311 g/mol. The minimum Gasteiger partial charge on any atom is -0.492 e. The van der Waals surface area contributed by atoms with Gasteiger partial charge in [0.2, 0.25) is 0 Å². The Bertz CT molecular complexity index is 889. The molecule has 0 saturated heterocycles. The van der Waals surface area contributed by atoms with Crippen LogP contribution in [0.25, 0.3) is 11.0 Å². The molecule has 2 heterocycles. The number of methoxy groups -OCH3 is 1. The SMILES string of the molecule is CCc1cc(CCc2oc3ccccc3c2OC)c(=O)[nH]c1C. The molecule has 0 aliphatic rings. The van der Waals surface area contributed by atoms with Gasteiger partial charge in [-0.3, -0.25) is 4.79 Å². The summed E-state index contributed by atoms with van der Waals surface area (Å²) < 4.78 is 11.4. The molecule has 0 radical (unpaired) electrons. The van der Waals surface area contributed by atoms with Gasteiger partial charge in [0.15, 0.2) is 5.75 Å². The van der Waals surface area contributed by atoms with Crippen LogP contribution in [0.3, 0.4) is 0 Å². The molecule has 3 aromatic rings. The van der Waals surface area contributed by atoms with E-state index in [2.05, 4.69) is 11.9 Å². The molecule has 3 rings (SSSR count). The average Bonchev–Trinajstić information content (AvgIpc) is 2.91. The van der Waals surface area contributed by atoms with E-state index in [9.17, 15) is 4.79 Å². The third-order valence-corrected chi connectivity index (χ3v) is 4.25.